The van der Waals surface area contributed by atoms with Gasteiger partial charge in [-0.25, -0.2) is 0 Å². The number of carbonyl (C=O) groups excluding carboxylic acids is 1. The standard InChI is InChI=1S/C16H16BrClN2O/c1-10(2)19-15-6-4-3-5-12(15)16(21)20-11-7-8-13(17)14(18)9-11/h3-10,19H,1-2H3,(H,20,21). The number of nitrogens with one attached hydrogen (secondary N) is 2. The van der Waals surface area contributed by atoms with Gasteiger partial charge in [0, 0.05) is 21.9 Å². The highest BCUT2D eigenvalue weighted by atomic mass is 79.9. The van der Waals surface area contributed by atoms with Crippen LogP contribution in [0.15, 0.2) is 46.9 Å². The normalized spacial score (nSPS) is 10.5. The number of hydrogen-bond acceptors (Lipinski definition) is 2. The van der Waals surface area contributed by atoms with Crippen LogP contribution in [-0.2, 0) is 0 Å². The summed E-state index contributed by atoms with van der Waals surface area (Å²) in [4.78, 5) is 12.4. The van der Waals surface area contributed by atoms with Crippen molar-refractivity contribution in [1.29, 1.82) is 0 Å². The maximum absolute atomic E-state index is 12.4. The van der Waals surface area contributed by atoms with E-state index in [-0.39, 0.29) is 11.9 Å². The molecule has 0 radical (unpaired) electrons. The topological polar surface area (TPSA) is 41.1 Å². The number of benzene rings is 2. The minimum atomic E-state index is -0.169. The van der Waals surface area contributed by atoms with Crippen molar-refractivity contribution < 1.29 is 4.79 Å². The Kier molecular flexibility index (Phi) is 5.26. The maximum Gasteiger partial charge on any atom is 0.257 e. The van der Waals surface area contributed by atoms with Crippen LogP contribution in [0, 0.1) is 0 Å². The zero-order chi connectivity index (χ0) is 15.4. The Morgan fingerprint density at radius 3 is 2.57 bits per heavy atom. The molecule has 2 N–H and O–H groups in total. The van der Waals surface area contributed by atoms with Crippen molar-refractivity contribution >= 4 is 44.8 Å². The van der Waals surface area contributed by atoms with Gasteiger partial charge in [-0.05, 0) is 60.1 Å². The number of carbonyl (C=O) groups is 1. The van der Waals surface area contributed by atoms with Crippen LogP contribution in [0.1, 0.15) is 24.2 Å². The summed E-state index contributed by atoms with van der Waals surface area (Å²) in [5, 5.41) is 6.68. The van der Waals surface area contributed by atoms with E-state index in [1.54, 1.807) is 24.3 Å². The van der Waals surface area contributed by atoms with Crippen LogP contribution >= 0.6 is 27.5 Å². The molecule has 0 atom stereocenters. The first-order chi connectivity index (χ1) is 9.97. The van der Waals surface area contributed by atoms with Crippen molar-refractivity contribution in [2.45, 2.75) is 19.9 Å². The Morgan fingerprint density at radius 1 is 1.19 bits per heavy atom. The van der Waals surface area contributed by atoms with Gasteiger partial charge in [-0.3, -0.25) is 4.79 Å². The van der Waals surface area contributed by atoms with Gasteiger partial charge < -0.3 is 10.6 Å². The van der Waals surface area contributed by atoms with Gasteiger partial charge in [0.2, 0.25) is 0 Å². The summed E-state index contributed by atoms with van der Waals surface area (Å²) in [7, 11) is 0. The van der Waals surface area contributed by atoms with E-state index in [0.717, 1.165) is 10.2 Å². The first-order valence-corrected chi connectivity index (χ1v) is 7.76. The van der Waals surface area contributed by atoms with Crippen LogP contribution in [0.3, 0.4) is 0 Å². The van der Waals surface area contributed by atoms with Gasteiger partial charge >= 0.3 is 0 Å². The molecule has 0 aliphatic rings. The molecule has 3 nitrogen and oxygen atoms in total. The first kappa shape index (κ1) is 15.9. The van der Waals surface area contributed by atoms with E-state index < -0.39 is 0 Å². The molecule has 5 heteroatoms. The monoisotopic (exact) mass is 366 g/mol. The van der Waals surface area contributed by atoms with Crippen LogP contribution in [0.2, 0.25) is 5.02 Å². The molecule has 0 saturated carbocycles. The molecule has 21 heavy (non-hydrogen) atoms. The molecular weight excluding hydrogens is 352 g/mol. The van der Waals surface area contributed by atoms with E-state index in [2.05, 4.69) is 26.6 Å². The van der Waals surface area contributed by atoms with Crippen molar-refractivity contribution in [2.24, 2.45) is 0 Å². The van der Waals surface area contributed by atoms with Gasteiger partial charge in [0.05, 0.1) is 10.6 Å². The third-order valence-electron chi connectivity index (χ3n) is 2.79. The fourth-order valence-electron chi connectivity index (χ4n) is 1.89. The second kappa shape index (κ2) is 6.96. The van der Waals surface area contributed by atoms with Crippen molar-refractivity contribution in [3.8, 4) is 0 Å². The molecule has 0 fully saturated rings. The maximum atomic E-state index is 12.4. The van der Waals surface area contributed by atoms with E-state index in [1.165, 1.54) is 0 Å². The Bertz CT molecular complexity index is 658. The fourth-order valence-corrected chi connectivity index (χ4v) is 2.32. The van der Waals surface area contributed by atoms with Crippen LogP contribution in [0.5, 0.6) is 0 Å². The highest BCUT2D eigenvalue weighted by molar-refractivity contribution is 9.10. The molecule has 0 heterocycles. The molecule has 1 amide bonds. The molecule has 0 aliphatic carbocycles. The van der Waals surface area contributed by atoms with Crippen molar-refractivity contribution in [1.82, 2.24) is 0 Å². The molecular formula is C16H16BrClN2O. The summed E-state index contributed by atoms with van der Waals surface area (Å²) in [6.45, 7) is 4.06. The van der Waals surface area contributed by atoms with E-state index >= 15 is 0 Å². The molecule has 2 aromatic rings. The van der Waals surface area contributed by atoms with Crippen LogP contribution in [0.4, 0.5) is 11.4 Å². The zero-order valence-corrected chi connectivity index (χ0v) is 14.1. The van der Waals surface area contributed by atoms with E-state index in [0.29, 0.717) is 16.3 Å². The second-order valence-electron chi connectivity index (χ2n) is 4.93. The Morgan fingerprint density at radius 2 is 1.90 bits per heavy atom. The predicted octanol–water partition coefficient (Wildman–Crippen LogP) is 5.18. The molecule has 110 valence electrons. The van der Waals surface area contributed by atoms with Crippen molar-refractivity contribution in [2.75, 3.05) is 10.6 Å². The lowest BCUT2D eigenvalue weighted by molar-refractivity contribution is 0.102. The van der Waals surface area contributed by atoms with Gasteiger partial charge in [0.25, 0.3) is 5.91 Å². The lowest BCUT2D eigenvalue weighted by Crippen LogP contribution is -2.17. The SMILES string of the molecule is CC(C)Nc1ccccc1C(=O)Nc1ccc(Br)c(Cl)c1. The summed E-state index contributed by atoms with van der Waals surface area (Å²) in [5.74, 6) is -0.169. The van der Waals surface area contributed by atoms with Gasteiger partial charge in [-0.15, -0.1) is 0 Å². The molecule has 0 spiro atoms. The van der Waals surface area contributed by atoms with E-state index in [4.69, 9.17) is 11.6 Å². The fraction of sp³-hybridized carbons (Fsp3) is 0.188. The van der Waals surface area contributed by atoms with Crippen molar-refractivity contribution in [3.05, 3.63) is 57.5 Å². The highest BCUT2D eigenvalue weighted by Crippen LogP contribution is 2.26. The number of rotatable bonds is 4. The molecule has 2 aromatic carbocycles. The number of amides is 1. The van der Waals surface area contributed by atoms with E-state index in [9.17, 15) is 4.79 Å². The van der Waals surface area contributed by atoms with Gasteiger partial charge in [-0.1, -0.05) is 23.7 Å². The summed E-state index contributed by atoms with van der Waals surface area (Å²) in [6.07, 6.45) is 0. The third-order valence-corrected chi connectivity index (χ3v) is 4.03. The Labute approximate surface area is 137 Å². The largest absolute Gasteiger partial charge is 0.382 e. The molecule has 0 aliphatic heterocycles. The number of anilines is 2. The van der Waals surface area contributed by atoms with Crippen molar-refractivity contribution in [3.63, 3.8) is 0 Å². The second-order valence-corrected chi connectivity index (χ2v) is 6.19. The molecule has 0 saturated heterocycles. The smallest absolute Gasteiger partial charge is 0.257 e. The number of para-hydroxylation sites is 1. The minimum absolute atomic E-state index is 0.169. The number of hydrogen-bond donors (Lipinski definition) is 2. The lowest BCUT2D eigenvalue weighted by Gasteiger charge is -2.14. The van der Waals surface area contributed by atoms with Crippen LogP contribution in [-0.4, -0.2) is 11.9 Å². The summed E-state index contributed by atoms with van der Waals surface area (Å²) < 4.78 is 0.795. The molecule has 0 bridgehead atoms. The van der Waals surface area contributed by atoms with Gasteiger partial charge in [0.15, 0.2) is 0 Å². The molecule has 2 rings (SSSR count). The third kappa shape index (κ3) is 4.22. The zero-order valence-electron chi connectivity index (χ0n) is 11.8. The molecule has 0 unspecified atom stereocenters. The van der Waals surface area contributed by atoms with Crippen LogP contribution in [0.25, 0.3) is 0 Å². The van der Waals surface area contributed by atoms with E-state index in [1.807, 2.05) is 32.0 Å². The summed E-state index contributed by atoms with van der Waals surface area (Å²) >= 11 is 9.36. The summed E-state index contributed by atoms with van der Waals surface area (Å²) in [5.41, 5.74) is 2.07. The molecule has 0 aromatic heterocycles. The highest BCUT2D eigenvalue weighted by Gasteiger charge is 2.12. The van der Waals surface area contributed by atoms with Crippen LogP contribution < -0.4 is 10.6 Å². The predicted molar refractivity (Wildman–Crippen MR) is 92.3 cm³/mol. The van der Waals surface area contributed by atoms with Gasteiger partial charge in [0.1, 0.15) is 0 Å². The average molecular weight is 368 g/mol. The van der Waals surface area contributed by atoms with Gasteiger partial charge in [-0.2, -0.15) is 0 Å². The number of halogens is 2. The lowest BCUT2D eigenvalue weighted by atomic mass is 10.1. The summed E-state index contributed by atoms with van der Waals surface area (Å²) in [6, 6.07) is 13.0. The minimum Gasteiger partial charge on any atom is -0.382 e. The Balaban J connectivity index is 2.22. The average Bonchev–Trinajstić information content (AvgIpc) is 2.43. The Hall–Kier alpha value is -1.52. The first-order valence-electron chi connectivity index (χ1n) is 6.59. The quantitative estimate of drug-likeness (QED) is 0.782.